The van der Waals surface area contributed by atoms with Gasteiger partial charge in [-0.3, -0.25) is 14.6 Å². The largest absolute Gasteiger partial charge is 0.492 e. The molecular weight excluding hydrogens is 442 g/mol. The number of carbonyl (C=O) groups excluding carboxylic acids is 2. The third-order valence-electron chi connectivity index (χ3n) is 6.73. The summed E-state index contributed by atoms with van der Waals surface area (Å²) in [4.78, 5) is 33.5. The number of carbonyl (C=O) groups is 2. The Labute approximate surface area is 205 Å². The lowest BCUT2D eigenvalue weighted by Crippen LogP contribution is -2.36. The Bertz CT molecular complexity index is 1190. The van der Waals surface area contributed by atoms with Crippen molar-refractivity contribution in [2.75, 3.05) is 46.0 Å². The first kappa shape index (κ1) is 23.3. The summed E-state index contributed by atoms with van der Waals surface area (Å²) in [6.45, 7) is 4.12. The van der Waals surface area contributed by atoms with Crippen LogP contribution in [0.15, 0.2) is 60.8 Å². The van der Waals surface area contributed by atoms with Crippen LogP contribution in [-0.2, 0) is 16.0 Å². The molecule has 0 saturated carbocycles. The van der Waals surface area contributed by atoms with Gasteiger partial charge in [0.25, 0.3) is 5.91 Å². The first-order chi connectivity index (χ1) is 17.2. The highest BCUT2D eigenvalue weighted by atomic mass is 16.5. The van der Waals surface area contributed by atoms with E-state index < -0.39 is 0 Å². The summed E-state index contributed by atoms with van der Waals surface area (Å²) >= 11 is 0. The number of fused-ring (bicyclic) bond motifs is 1. The van der Waals surface area contributed by atoms with Crippen molar-refractivity contribution in [2.24, 2.45) is 5.92 Å². The predicted molar refractivity (Wildman–Crippen MR) is 133 cm³/mol. The number of ether oxygens (including phenoxy) is 2. The zero-order valence-corrected chi connectivity index (χ0v) is 19.9. The van der Waals surface area contributed by atoms with Crippen LogP contribution in [0.3, 0.4) is 0 Å². The highest BCUT2D eigenvalue weighted by Gasteiger charge is 2.25. The number of para-hydroxylation sites is 1. The van der Waals surface area contributed by atoms with E-state index in [0.717, 1.165) is 30.3 Å². The lowest BCUT2D eigenvalue weighted by molar-refractivity contribution is -0.128. The molecule has 2 aromatic carbocycles. The Kier molecular flexibility index (Phi) is 7.23. The van der Waals surface area contributed by atoms with Crippen molar-refractivity contribution in [3.63, 3.8) is 0 Å². The highest BCUT2D eigenvalue weighted by Crippen LogP contribution is 2.22. The van der Waals surface area contributed by atoms with Crippen molar-refractivity contribution >= 4 is 22.7 Å². The summed E-state index contributed by atoms with van der Waals surface area (Å²) < 4.78 is 11.7. The molecule has 2 saturated heterocycles. The van der Waals surface area contributed by atoms with Crippen molar-refractivity contribution in [3.05, 3.63) is 71.9 Å². The number of hydrogen-bond acceptors (Lipinski definition) is 5. The quantitative estimate of drug-likeness (QED) is 0.525. The second-order valence-corrected chi connectivity index (χ2v) is 9.25. The Morgan fingerprint density at radius 2 is 2.00 bits per heavy atom. The molecule has 2 fully saturated rings. The molecule has 0 radical (unpaired) electrons. The van der Waals surface area contributed by atoms with Crippen LogP contribution >= 0.6 is 0 Å². The van der Waals surface area contributed by atoms with Crippen LogP contribution in [-0.4, -0.2) is 72.6 Å². The van der Waals surface area contributed by atoms with Crippen molar-refractivity contribution in [3.8, 4) is 5.75 Å². The minimum absolute atomic E-state index is 0.0169. The van der Waals surface area contributed by atoms with E-state index in [9.17, 15) is 9.59 Å². The summed E-state index contributed by atoms with van der Waals surface area (Å²) in [6.07, 6.45) is 4.17. The molecule has 1 atom stereocenters. The molecule has 0 aliphatic carbocycles. The van der Waals surface area contributed by atoms with Gasteiger partial charge in [-0.25, -0.2) is 0 Å². The van der Waals surface area contributed by atoms with E-state index in [2.05, 4.69) is 29.2 Å². The van der Waals surface area contributed by atoms with Crippen LogP contribution < -0.4 is 4.74 Å². The van der Waals surface area contributed by atoms with Crippen LogP contribution in [0.4, 0.5) is 0 Å². The Morgan fingerprint density at radius 1 is 1.11 bits per heavy atom. The highest BCUT2D eigenvalue weighted by molar-refractivity contribution is 5.94. The summed E-state index contributed by atoms with van der Waals surface area (Å²) in [5.41, 5.74) is 2.79. The van der Waals surface area contributed by atoms with Gasteiger partial charge in [0.05, 0.1) is 25.3 Å². The van der Waals surface area contributed by atoms with Gasteiger partial charge in [0.1, 0.15) is 12.4 Å². The third-order valence-corrected chi connectivity index (χ3v) is 6.73. The molecule has 7 heteroatoms. The van der Waals surface area contributed by atoms with E-state index in [1.54, 1.807) is 6.07 Å². The molecule has 2 amide bonds. The Balaban J connectivity index is 1.23. The molecule has 3 aromatic rings. The number of aromatic nitrogens is 1. The number of rotatable bonds is 7. The fourth-order valence-corrected chi connectivity index (χ4v) is 4.95. The lowest BCUT2D eigenvalue weighted by atomic mass is 9.97. The molecule has 0 bridgehead atoms. The van der Waals surface area contributed by atoms with Gasteiger partial charge in [-0.05, 0) is 42.7 Å². The average molecular weight is 474 g/mol. The fraction of sp³-hybridized carbons (Fsp3) is 0.393. The van der Waals surface area contributed by atoms with Crippen LogP contribution in [0.1, 0.15) is 28.8 Å². The number of pyridine rings is 1. The van der Waals surface area contributed by atoms with Crippen LogP contribution in [0.2, 0.25) is 0 Å². The maximum Gasteiger partial charge on any atom is 0.254 e. The number of benzene rings is 2. The molecule has 0 N–H and O–H groups in total. The van der Waals surface area contributed by atoms with Gasteiger partial charge in [0.15, 0.2) is 0 Å². The van der Waals surface area contributed by atoms with Gasteiger partial charge in [0.2, 0.25) is 5.91 Å². The molecule has 0 spiro atoms. The SMILES string of the molecule is O=C1CCCN1CCOc1cccc(C(=O)N2CCOC[C@@H](Cc3cccc4cccnc34)C2)c1. The van der Waals surface area contributed by atoms with Gasteiger partial charge in [-0.2, -0.15) is 0 Å². The summed E-state index contributed by atoms with van der Waals surface area (Å²) in [5.74, 6) is 1.00. The van der Waals surface area contributed by atoms with Crippen LogP contribution in [0.25, 0.3) is 10.9 Å². The molecule has 35 heavy (non-hydrogen) atoms. The summed E-state index contributed by atoms with van der Waals surface area (Å²) in [6, 6.07) is 17.6. The van der Waals surface area contributed by atoms with Crippen molar-refractivity contribution in [2.45, 2.75) is 19.3 Å². The monoisotopic (exact) mass is 473 g/mol. The number of amides is 2. The minimum Gasteiger partial charge on any atom is -0.492 e. The first-order valence-electron chi connectivity index (χ1n) is 12.4. The second kappa shape index (κ2) is 10.9. The van der Waals surface area contributed by atoms with E-state index in [1.165, 1.54) is 5.56 Å². The van der Waals surface area contributed by atoms with E-state index in [-0.39, 0.29) is 17.7 Å². The van der Waals surface area contributed by atoms with Gasteiger partial charge < -0.3 is 19.3 Å². The predicted octanol–water partition coefficient (Wildman–Crippen LogP) is 3.57. The normalized spacial score (nSPS) is 18.6. The topological polar surface area (TPSA) is 72.0 Å². The zero-order chi connectivity index (χ0) is 24.0. The Morgan fingerprint density at radius 3 is 2.89 bits per heavy atom. The molecule has 0 unspecified atom stereocenters. The van der Waals surface area contributed by atoms with Gasteiger partial charge in [-0.1, -0.05) is 30.3 Å². The zero-order valence-electron chi connectivity index (χ0n) is 19.9. The summed E-state index contributed by atoms with van der Waals surface area (Å²) in [7, 11) is 0. The van der Waals surface area contributed by atoms with E-state index in [4.69, 9.17) is 9.47 Å². The minimum atomic E-state index is -0.0169. The van der Waals surface area contributed by atoms with Crippen molar-refractivity contribution in [1.82, 2.24) is 14.8 Å². The number of likely N-dealkylation sites (tertiary alicyclic amines) is 1. The smallest absolute Gasteiger partial charge is 0.254 e. The maximum absolute atomic E-state index is 13.4. The average Bonchev–Trinajstić information content (AvgIpc) is 3.15. The first-order valence-corrected chi connectivity index (χ1v) is 12.4. The molecule has 5 rings (SSSR count). The summed E-state index contributed by atoms with van der Waals surface area (Å²) in [5, 5.41) is 1.12. The van der Waals surface area contributed by atoms with Gasteiger partial charge in [-0.15, -0.1) is 0 Å². The second-order valence-electron chi connectivity index (χ2n) is 9.25. The van der Waals surface area contributed by atoms with E-state index >= 15 is 0 Å². The number of hydrogen-bond donors (Lipinski definition) is 0. The number of nitrogens with zero attached hydrogens (tertiary/aromatic N) is 3. The molecule has 2 aliphatic rings. The molecule has 3 heterocycles. The maximum atomic E-state index is 13.4. The standard InChI is InChI=1S/C28H31N3O4/c32-26-10-4-12-30(26)14-16-35-25-9-2-7-24(18-25)28(33)31-13-15-34-20-21(19-31)17-23-6-1-5-22-8-3-11-29-27(22)23/h1-3,5-9,11,18,21H,4,10,12-17,19-20H2/t21-/m0/s1. The lowest BCUT2D eigenvalue weighted by Gasteiger charge is -2.24. The van der Waals surface area contributed by atoms with Crippen molar-refractivity contribution in [1.29, 1.82) is 0 Å². The molecule has 182 valence electrons. The fourth-order valence-electron chi connectivity index (χ4n) is 4.95. The third kappa shape index (κ3) is 5.62. The Hall–Kier alpha value is -3.45. The van der Waals surface area contributed by atoms with Gasteiger partial charge >= 0.3 is 0 Å². The van der Waals surface area contributed by atoms with Crippen LogP contribution in [0.5, 0.6) is 5.75 Å². The van der Waals surface area contributed by atoms with E-state index in [0.29, 0.717) is 57.2 Å². The molecule has 2 aliphatic heterocycles. The van der Waals surface area contributed by atoms with Crippen LogP contribution in [0, 0.1) is 5.92 Å². The van der Waals surface area contributed by atoms with E-state index in [1.807, 2.05) is 40.3 Å². The van der Waals surface area contributed by atoms with Crippen molar-refractivity contribution < 1.29 is 19.1 Å². The molecular formula is C28H31N3O4. The molecule has 7 nitrogen and oxygen atoms in total. The van der Waals surface area contributed by atoms with Gasteiger partial charge in [0, 0.05) is 49.1 Å². The molecule has 1 aromatic heterocycles.